The molecular weight excluding hydrogens is 513 g/mol. The third-order valence-corrected chi connectivity index (χ3v) is 11.2. The summed E-state index contributed by atoms with van der Waals surface area (Å²) in [7, 11) is -0.753. The van der Waals surface area contributed by atoms with Crippen LogP contribution in [-0.2, 0) is 5.41 Å². The molecular formula is C39H30NP. The molecule has 0 saturated heterocycles. The van der Waals surface area contributed by atoms with Crippen LogP contribution in [0.25, 0.3) is 38.6 Å². The first-order valence-electron chi connectivity index (χ1n) is 14.3. The molecule has 6 aromatic carbocycles. The normalized spacial score (nSPS) is 14.2. The molecule has 0 saturated carbocycles. The molecule has 1 aromatic heterocycles. The molecule has 0 N–H and O–H groups in total. The van der Waals surface area contributed by atoms with E-state index in [4.69, 9.17) is 0 Å². The molecule has 0 amide bonds. The molecule has 2 heteroatoms. The largest absolute Gasteiger partial charge is 0.309 e. The molecule has 1 aliphatic carbocycles. The van der Waals surface area contributed by atoms with Crippen molar-refractivity contribution in [2.24, 2.45) is 0 Å². The van der Waals surface area contributed by atoms with E-state index in [0.29, 0.717) is 0 Å². The Hall–Kier alpha value is -4.45. The molecule has 1 aliphatic rings. The third-order valence-electron chi connectivity index (χ3n) is 8.77. The maximum atomic E-state index is 2.51. The van der Waals surface area contributed by atoms with E-state index < -0.39 is 7.92 Å². The number of hydrogen-bond donors (Lipinski definition) is 0. The lowest BCUT2D eigenvalue weighted by atomic mass is 9.82. The maximum absolute atomic E-state index is 2.51. The van der Waals surface area contributed by atoms with Crippen molar-refractivity contribution in [3.8, 4) is 16.8 Å². The zero-order valence-corrected chi connectivity index (χ0v) is 24.1. The van der Waals surface area contributed by atoms with Crippen molar-refractivity contribution >= 4 is 45.6 Å². The Morgan fingerprint density at radius 1 is 0.463 bits per heavy atom. The zero-order valence-electron chi connectivity index (χ0n) is 23.3. The lowest BCUT2D eigenvalue weighted by Gasteiger charge is -2.25. The Bertz CT molecular complexity index is 2070. The van der Waals surface area contributed by atoms with E-state index in [2.05, 4.69) is 164 Å². The summed E-state index contributed by atoms with van der Waals surface area (Å²) in [5.74, 6) is 0. The van der Waals surface area contributed by atoms with Gasteiger partial charge in [0.15, 0.2) is 0 Å². The fourth-order valence-corrected chi connectivity index (χ4v) is 9.14. The van der Waals surface area contributed by atoms with Crippen LogP contribution in [0.2, 0.25) is 0 Å². The molecule has 1 nitrogen and oxygen atoms in total. The van der Waals surface area contributed by atoms with Gasteiger partial charge in [0.05, 0.1) is 11.0 Å². The maximum Gasteiger partial charge on any atom is 0.0541 e. The monoisotopic (exact) mass is 543 g/mol. The van der Waals surface area contributed by atoms with E-state index in [1.807, 2.05) is 0 Å². The van der Waals surface area contributed by atoms with E-state index in [-0.39, 0.29) is 5.41 Å². The van der Waals surface area contributed by atoms with Crippen LogP contribution in [0.3, 0.4) is 0 Å². The molecule has 196 valence electrons. The second-order valence-corrected chi connectivity index (χ2v) is 13.7. The van der Waals surface area contributed by atoms with Crippen molar-refractivity contribution in [2.45, 2.75) is 19.3 Å². The molecule has 0 fully saturated rings. The number of fused-ring (bicyclic) bond motifs is 6. The molecule has 8 rings (SSSR count). The second-order valence-electron chi connectivity index (χ2n) is 11.5. The molecule has 1 unspecified atom stereocenters. The molecule has 1 atom stereocenters. The molecule has 0 spiro atoms. The summed E-state index contributed by atoms with van der Waals surface area (Å²) >= 11 is 0. The lowest BCUT2D eigenvalue weighted by Crippen LogP contribution is -2.23. The molecule has 0 radical (unpaired) electrons. The van der Waals surface area contributed by atoms with Gasteiger partial charge in [-0.2, -0.15) is 0 Å². The van der Waals surface area contributed by atoms with Gasteiger partial charge < -0.3 is 4.57 Å². The van der Waals surface area contributed by atoms with Crippen LogP contribution >= 0.6 is 7.92 Å². The first kappa shape index (κ1) is 24.4. The standard InChI is InChI=1S/C39H30NP/c1-39(2)35-19-11-9-17-31(35)32-23-21-30(26-36(32)39)41(28-15-7-4-8-16-28)29-22-24-38-34(25-29)33-18-10-12-20-37(33)40(38)27-13-5-3-6-14-27/h3-26H,1-2H3. The summed E-state index contributed by atoms with van der Waals surface area (Å²) in [6.07, 6.45) is 0. The van der Waals surface area contributed by atoms with E-state index in [1.165, 1.54) is 65.7 Å². The van der Waals surface area contributed by atoms with Gasteiger partial charge in [-0.25, -0.2) is 0 Å². The van der Waals surface area contributed by atoms with E-state index in [9.17, 15) is 0 Å². The van der Waals surface area contributed by atoms with E-state index >= 15 is 0 Å². The Morgan fingerprint density at radius 3 is 1.90 bits per heavy atom. The van der Waals surface area contributed by atoms with Gasteiger partial charge in [0.2, 0.25) is 0 Å². The van der Waals surface area contributed by atoms with Crippen LogP contribution in [0, 0.1) is 0 Å². The quantitative estimate of drug-likeness (QED) is 0.196. The second kappa shape index (κ2) is 9.30. The van der Waals surface area contributed by atoms with Crippen molar-refractivity contribution in [1.29, 1.82) is 0 Å². The highest BCUT2D eigenvalue weighted by atomic mass is 31.1. The average molecular weight is 544 g/mol. The Morgan fingerprint density at radius 2 is 1.07 bits per heavy atom. The van der Waals surface area contributed by atoms with Crippen LogP contribution < -0.4 is 15.9 Å². The van der Waals surface area contributed by atoms with Gasteiger partial charge in [0.1, 0.15) is 0 Å². The first-order valence-corrected chi connectivity index (χ1v) is 15.6. The van der Waals surface area contributed by atoms with Crippen molar-refractivity contribution in [3.63, 3.8) is 0 Å². The van der Waals surface area contributed by atoms with E-state index in [0.717, 1.165) is 0 Å². The number of aromatic nitrogens is 1. The highest BCUT2D eigenvalue weighted by Gasteiger charge is 2.35. The topological polar surface area (TPSA) is 4.93 Å². The van der Waals surface area contributed by atoms with Gasteiger partial charge in [-0.3, -0.25) is 0 Å². The van der Waals surface area contributed by atoms with Gasteiger partial charge in [0.25, 0.3) is 0 Å². The highest BCUT2D eigenvalue weighted by molar-refractivity contribution is 7.79. The predicted molar refractivity (Wildman–Crippen MR) is 177 cm³/mol. The minimum atomic E-state index is -0.753. The number of benzene rings is 6. The minimum Gasteiger partial charge on any atom is -0.309 e. The Labute approximate surface area is 242 Å². The van der Waals surface area contributed by atoms with Crippen LogP contribution in [-0.4, -0.2) is 4.57 Å². The molecule has 7 aromatic rings. The summed E-state index contributed by atoms with van der Waals surface area (Å²) < 4.78 is 2.40. The van der Waals surface area contributed by atoms with Gasteiger partial charge >= 0.3 is 0 Å². The van der Waals surface area contributed by atoms with Crippen molar-refractivity contribution < 1.29 is 0 Å². The predicted octanol–water partition coefficient (Wildman–Crippen LogP) is 8.85. The Balaban J connectivity index is 1.35. The van der Waals surface area contributed by atoms with Gasteiger partial charge in [-0.1, -0.05) is 123 Å². The van der Waals surface area contributed by atoms with Crippen LogP contribution in [0.15, 0.2) is 146 Å². The highest BCUT2D eigenvalue weighted by Crippen LogP contribution is 2.49. The average Bonchev–Trinajstić information content (AvgIpc) is 3.47. The fraction of sp³-hybridized carbons (Fsp3) is 0.0769. The van der Waals surface area contributed by atoms with Gasteiger partial charge in [-0.15, -0.1) is 0 Å². The van der Waals surface area contributed by atoms with E-state index in [1.54, 1.807) is 0 Å². The van der Waals surface area contributed by atoms with Crippen LogP contribution in [0.5, 0.6) is 0 Å². The Kier molecular flexibility index (Phi) is 5.52. The van der Waals surface area contributed by atoms with Crippen molar-refractivity contribution in [1.82, 2.24) is 4.57 Å². The minimum absolute atomic E-state index is 0.0211. The third kappa shape index (κ3) is 3.73. The van der Waals surface area contributed by atoms with Gasteiger partial charge in [-0.05, 0) is 82.5 Å². The summed E-state index contributed by atoms with van der Waals surface area (Å²) in [5, 5.41) is 6.75. The molecule has 0 bridgehead atoms. The number of para-hydroxylation sites is 2. The molecule has 0 aliphatic heterocycles. The SMILES string of the molecule is CC1(C)c2ccccc2-c2ccc(P(c3ccccc3)c3ccc4c(c3)c3ccccc3n4-c3ccccc3)cc21. The summed E-state index contributed by atoms with van der Waals surface area (Å²) in [6, 6.07) is 53.9. The summed E-state index contributed by atoms with van der Waals surface area (Å²) in [4.78, 5) is 0. The number of rotatable bonds is 4. The van der Waals surface area contributed by atoms with Crippen molar-refractivity contribution in [2.75, 3.05) is 0 Å². The zero-order chi connectivity index (χ0) is 27.6. The molecule has 1 heterocycles. The lowest BCUT2D eigenvalue weighted by molar-refractivity contribution is 0.661. The first-order chi connectivity index (χ1) is 20.1. The fourth-order valence-electron chi connectivity index (χ4n) is 6.81. The van der Waals surface area contributed by atoms with Crippen LogP contribution in [0.4, 0.5) is 0 Å². The number of hydrogen-bond acceptors (Lipinski definition) is 0. The molecule has 41 heavy (non-hydrogen) atoms. The number of nitrogens with zero attached hydrogens (tertiary/aromatic N) is 1. The summed E-state index contributed by atoms with van der Waals surface area (Å²) in [5.41, 5.74) is 9.26. The smallest absolute Gasteiger partial charge is 0.0541 e. The summed E-state index contributed by atoms with van der Waals surface area (Å²) in [6.45, 7) is 4.74. The van der Waals surface area contributed by atoms with Crippen LogP contribution in [0.1, 0.15) is 25.0 Å². The van der Waals surface area contributed by atoms with Gasteiger partial charge in [0, 0.05) is 21.9 Å². The van der Waals surface area contributed by atoms with Crippen molar-refractivity contribution in [3.05, 3.63) is 157 Å².